The minimum atomic E-state index is -4.46. The van der Waals surface area contributed by atoms with E-state index in [1.54, 1.807) is 24.3 Å². The van der Waals surface area contributed by atoms with Gasteiger partial charge in [-0.15, -0.1) is 5.10 Å². The number of benzene rings is 1. The van der Waals surface area contributed by atoms with E-state index >= 15 is 0 Å². The van der Waals surface area contributed by atoms with E-state index in [9.17, 15) is 13.2 Å². The maximum Gasteiger partial charge on any atom is 0.416 e. The van der Waals surface area contributed by atoms with Crippen molar-refractivity contribution in [2.24, 2.45) is 0 Å². The third kappa shape index (κ3) is 2.39. The minimum absolute atomic E-state index is 0.0582. The zero-order valence-corrected chi connectivity index (χ0v) is 10.9. The Morgan fingerprint density at radius 1 is 1.14 bits per heavy atom. The molecule has 1 N–H and O–H groups in total. The third-order valence-electron chi connectivity index (χ3n) is 2.96. The highest BCUT2D eigenvalue weighted by Gasteiger charge is 2.32. The summed E-state index contributed by atoms with van der Waals surface area (Å²) in [4.78, 5) is 4.11. The molecule has 0 aliphatic heterocycles. The SMILES string of the molecule is CNc1cc(C(F)(F)F)cc(-n2nnc3ccccc32)n1. The molecule has 0 spiro atoms. The normalized spacial score (nSPS) is 11.8. The zero-order valence-electron chi connectivity index (χ0n) is 10.9. The Hall–Kier alpha value is -2.64. The fourth-order valence-corrected chi connectivity index (χ4v) is 1.95. The highest BCUT2D eigenvalue weighted by atomic mass is 19.4. The Labute approximate surface area is 117 Å². The lowest BCUT2D eigenvalue weighted by atomic mass is 10.2. The van der Waals surface area contributed by atoms with E-state index in [0.717, 1.165) is 12.1 Å². The molecule has 0 fully saturated rings. The monoisotopic (exact) mass is 293 g/mol. The highest BCUT2D eigenvalue weighted by Crippen LogP contribution is 2.31. The molecule has 1 aromatic carbocycles. The summed E-state index contributed by atoms with van der Waals surface area (Å²) in [7, 11) is 1.51. The van der Waals surface area contributed by atoms with Crippen LogP contribution in [0, 0.1) is 0 Å². The van der Waals surface area contributed by atoms with Gasteiger partial charge in [0.2, 0.25) is 0 Å². The first-order chi connectivity index (χ1) is 9.99. The van der Waals surface area contributed by atoms with Crippen molar-refractivity contribution in [1.29, 1.82) is 0 Å². The van der Waals surface area contributed by atoms with Crippen molar-refractivity contribution in [1.82, 2.24) is 20.0 Å². The molecule has 0 atom stereocenters. The van der Waals surface area contributed by atoms with Crippen molar-refractivity contribution >= 4 is 16.9 Å². The van der Waals surface area contributed by atoms with Gasteiger partial charge in [0.15, 0.2) is 5.82 Å². The number of hydrogen-bond donors (Lipinski definition) is 1. The molecule has 5 nitrogen and oxygen atoms in total. The maximum atomic E-state index is 12.9. The first-order valence-electron chi connectivity index (χ1n) is 6.07. The summed E-state index contributed by atoms with van der Waals surface area (Å²) in [6.07, 6.45) is -4.46. The average Bonchev–Trinajstić information content (AvgIpc) is 2.89. The van der Waals surface area contributed by atoms with Gasteiger partial charge in [0.1, 0.15) is 11.3 Å². The van der Waals surface area contributed by atoms with Gasteiger partial charge in [-0.1, -0.05) is 17.3 Å². The summed E-state index contributed by atoms with van der Waals surface area (Å²) in [6, 6.07) is 8.88. The van der Waals surface area contributed by atoms with E-state index in [2.05, 4.69) is 20.6 Å². The van der Waals surface area contributed by atoms with Crippen LogP contribution in [-0.2, 0) is 6.18 Å². The second-order valence-corrected chi connectivity index (χ2v) is 4.34. The van der Waals surface area contributed by atoms with Crippen molar-refractivity contribution in [3.63, 3.8) is 0 Å². The van der Waals surface area contributed by atoms with E-state index in [1.807, 2.05) is 0 Å². The van der Waals surface area contributed by atoms with Crippen molar-refractivity contribution in [3.8, 4) is 5.82 Å². The molecule has 3 aromatic rings. The summed E-state index contributed by atoms with van der Waals surface area (Å²) in [6.45, 7) is 0. The standard InChI is InChI=1S/C13H10F3N5/c1-17-11-6-8(13(14,15)16)7-12(18-11)21-10-5-3-2-4-9(10)19-20-21/h2-7H,1H3,(H,17,18). The number of fused-ring (bicyclic) bond motifs is 1. The molecule has 3 rings (SSSR count). The predicted octanol–water partition coefficient (Wildman–Crippen LogP) is 2.88. The van der Waals surface area contributed by atoms with Crippen LogP contribution in [0.3, 0.4) is 0 Å². The highest BCUT2D eigenvalue weighted by molar-refractivity contribution is 5.75. The molecular formula is C13H10F3N5. The summed E-state index contributed by atoms with van der Waals surface area (Å²) < 4.78 is 40.1. The number of hydrogen-bond acceptors (Lipinski definition) is 4. The number of alkyl halides is 3. The van der Waals surface area contributed by atoms with E-state index in [-0.39, 0.29) is 11.6 Å². The molecule has 0 saturated heterocycles. The first kappa shape index (κ1) is 13.3. The largest absolute Gasteiger partial charge is 0.416 e. The summed E-state index contributed by atoms with van der Waals surface area (Å²) in [5.74, 6) is 0.169. The lowest BCUT2D eigenvalue weighted by molar-refractivity contribution is -0.137. The molecule has 0 bridgehead atoms. The average molecular weight is 293 g/mol. The van der Waals surface area contributed by atoms with Crippen molar-refractivity contribution in [2.45, 2.75) is 6.18 Å². The van der Waals surface area contributed by atoms with E-state index in [0.29, 0.717) is 11.0 Å². The maximum absolute atomic E-state index is 12.9. The molecule has 0 aliphatic carbocycles. The molecule has 2 aromatic heterocycles. The molecule has 8 heteroatoms. The van der Waals surface area contributed by atoms with Crippen LogP contribution in [0.2, 0.25) is 0 Å². The van der Waals surface area contributed by atoms with Gasteiger partial charge >= 0.3 is 6.18 Å². The van der Waals surface area contributed by atoms with Crippen LogP contribution in [0.25, 0.3) is 16.9 Å². The van der Waals surface area contributed by atoms with Gasteiger partial charge in [0.25, 0.3) is 0 Å². The van der Waals surface area contributed by atoms with Gasteiger partial charge in [-0.05, 0) is 24.3 Å². The van der Waals surface area contributed by atoms with Crippen LogP contribution in [0.5, 0.6) is 0 Å². The number of nitrogens with one attached hydrogen (secondary N) is 1. The molecule has 21 heavy (non-hydrogen) atoms. The number of para-hydroxylation sites is 1. The fraction of sp³-hybridized carbons (Fsp3) is 0.154. The number of nitrogens with zero attached hydrogens (tertiary/aromatic N) is 4. The minimum Gasteiger partial charge on any atom is -0.373 e. The van der Waals surface area contributed by atoms with Crippen LogP contribution in [0.1, 0.15) is 5.56 Å². The molecule has 0 unspecified atom stereocenters. The Morgan fingerprint density at radius 2 is 1.90 bits per heavy atom. The van der Waals surface area contributed by atoms with Gasteiger partial charge in [-0.3, -0.25) is 0 Å². The summed E-state index contributed by atoms with van der Waals surface area (Å²) in [5.41, 5.74) is 0.380. The number of aromatic nitrogens is 4. The summed E-state index contributed by atoms with van der Waals surface area (Å²) in [5, 5.41) is 10.4. The van der Waals surface area contributed by atoms with Gasteiger partial charge in [-0.25, -0.2) is 4.98 Å². The van der Waals surface area contributed by atoms with E-state index < -0.39 is 11.7 Å². The van der Waals surface area contributed by atoms with Gasteiger partial charge < -0.3 is 5.32 Å². The van der Waals surface area contributed by atoms with Crippen LogP contribution in [0.15, 0.2) is 36.4 Å². The molecular weight excluding hydrogens is 283 g/mol. The van der Waals surface area contributed by atoms with Gasteiger partial charge in [0, 0.05) is 7.05 Å². The number of pyridine rings is 1. The first-order valence-corrected chi connectivity index (χ1v) is 6.07. The van der Waals surface area contributed by atoms with Crippen LogP contribution >= 0.6 is 0 Å². The smallest absolute Gasteiger partial charge is 0.373 e. The lowest BCUT2D eigenvalue weighted by Gasteiger charge is -2.11. The van der Waals surface area contributed by atoms with Crippen LogP contribution < -0.4 is 5.32 Å². The Balaban J connectivity index is 2.22. The molecule has 0 aliphatic rings. The quantitative estimate of drug-likeness (QED) is 0.789. The second kappa shape index (κ2) is 4.72. The molecule has 0 amide bonds. The lowest BCUT2D eigenvalue weighted by Crippen LogP contribution is -2.10. The number of anilines is 1. The van der Waals surface area contributed by atoms with Crippen molar-refractivity contribution in [3.05, 3.63) is 42.0 Å². The second-order valence-electron chi connectivity index (χ2n) is 4.34. The van der Waals surface area contributed by atoms with Crippen LogP contribution in [0.4, 0.5) is 19.0 Å². The molecule has 2 heterocycles. The van der Waals surface area contributed by atoms with Crippen LogP contribution in [-0.4, -0.2) is 27.0 Å². The fourth-order valence-electron chi connectivity index (χ4n) is 1.95. The Morgan fingerprint density at radius 3 is 2.62 bits per heavy atom. The van der Waals surface area contributed by atoms with Gasteiger partial charge in [0.05, 0.1) is 11.1 Å². The van der Waals surface area contributed by atoms with E-state index in [4.69, 9.17) is 0 Å². The molecule has 0 saturated carbocycles. The third-order valence-corrected chi connectivity index (χ3v) is 2.96. The Bertz CT molecular complexity index is 794. The molecule has 108 valence electrons. The number of rotatable bonds is 2. The predicted molar refractivity (Wildman–Crippen MR) is 71.2 cm³/mol. The molecule has 0 radical (unpaired) electrons. The van der Waals surface area contributed by atoms with E-state index in [1.165, 1.54) is 11.7 Å². The van der Waals surface area contributed by atoms with Gasteiger partial charge in [-0.2, -0.15) is 17.9 Å². The summed E-state index contributed by atoms with van der Waals surface area (Å²) >= 11 is 0. The Kier molecular flexibility index (Phi) is 3.00. The van der Waals surface area contributed by atoms with Crippen molar-refractivity contribution in [2.75, 3.05) is 12.4 Å². The topological polar surface area (TPSA) is 55.6 Å². The number of halogens is 3. The zero-order chi connectivity index (χ0) is 15.0. The van der Waals surface area contributed by atoms with Crippen molar-refractivity contribution < 1.29 is 13.2 Å².